The number of phenols is 2. The second-order valence-corrected chi connectivity index (χ2v) is 11.0. The number of aromatic nitrogens is 3. The minimum Gasteiger partial charge on any atom is -0.507 e. The Hall–Kier alpha value is -4.13. The summed E-state index contributed by atoms with van der Waals surface area (Å²) in [5, 5.41) is 31.7. The Morgan fingerprint density at radius 1 is 0.947 bits per heavy atom. The van der Waals surface area contributed by atoms with E-state index in [1.165, 1.54) is 4.80 Å². The Bertz CT molecular complexity index is 1540. The lowest BCUT2D eigenvalue weighted by atomic mass is 9.83. The standard InChI is InChI=1S/C31H35N3O4/c1-18(2)30(37)38-11-10-21-15-23(17-22-12-20(4)13-24(28(22)35)31(5,6)7)29(36)27(16-21)34-32-25-9-8-19(3)14-26(25)33-34/h8-9,12-16,35-36H,1,10-11,17H2,2-7H3. The first kappa shape index (κ1) is 26.9. The summed E-state index contributed by atoms with van der Waals surface area (Å²) >= 11 is 0. The zero-order valence-electron chi connectivity index (χ0n) is 22.9. The van der Waals surface area contributed by atoms with E-state index in [2.05, 4.69) is 37.5 Å². The van der Waals surface area contributed by atoms with Crippen molar-refractivity contribution in [2.24, 2.45) is 0 Å². The molecule has 0 fully saturated rings. The number of esters is 1. The Balaban J connectivity index is 1.79. The number of benzene rings is 3. The molecule has 7 nitrogen and oxygen atoms in total. The molecule has 38 heavy (non-hydrogen) atoms. The van der Waals surface area contributed by atoms with Crippen LogP contribution in [0.5, 0.6) is 11.5 Å². The molecule has 4 aromatic rings. The largest absolute Gasteiger partial charge is 0.507 e. The summed E-state index contributed by atoms with van der Waals surface area (Å²) < 4.78 is 5.31. The molecule has 198 valence electrons. The number of nitrogens with zero attached hydrogens (tertiary/aromatic N) is 3. The minimum atomic E-state index is -0.445. The van der Waals surface area contributed by atoms with E-state index in [0.717, 1.165) is 33.3 Å². The zero-order chi connectivity index (χ0) is 27.8. The predicted molar refractivity (Wildman–Crippen MR) is 149 cm³/mol. The molecule has 0 aliphatic heterocycles. The van der Waals surface area contributed by atoms with E-state index >= 15 is 0 Å². The monoisotopic (exact) mass is 513 g/mol. The fourth-order valence-corrected chi connectivity index (χ4v) is 4.46. The van der Waals surface area contributed by atoms with Crippen molar-refractivity contribution in [2.45, 2.75) is 59.8 Å². The number of aromatic hydroxyl groups is 2. The molecular formula is C31H35N3O4. The normalized spacial score (nSPS) is 11.6. The molecule has 0 unspecified atom stereocenters. The van der Waals surface area contributed by atoms with Gasteiger partial charge in [-0.15, -0.1) is 15.0 Å². The molecule has 7 heteroatoms. The molecular weight excluding hydrogens is 478 g/mol. The molecule has 3 aromatic carbocycles. The summed E-state index contributed by atoms with van der Waals surface area (Å²) in [4.78, 5) is 13.3. The smallest absolute Gasteiger partial charge is 0.333 e. The van der Waals surface area contributed by atoms with Gasteiger partial charge in [0, 0.05) is 24.0 Å². The van der Waals surface area contributed by atoms with E-state index in [9.17, 15) is 15.0 Å². The van der Waals surface area contributed by atoms with Crippen LogP contribution in [0.2, 0.25) is 0 Å². The number of phenolic OH excluding ortho intramolecular Hbond substituents is 2. The van der Waals surface area contributed by atoms with Crippen molar-refractivity contribution in [1.82, 2.24) is 15.0 Å². The highest BCUT2D eigenvalue weighted by Gasteiger charge is 2.22. The van der Waals surface area contributed by atoms with Crippen LogP contribution in [-0.2, 0) is 27.8 Å². The Labute approximate surface area is 223 Å². The fraction of sp³-hybridized carbons (Fsp3) is 0.323. The molecule has 0 aliphatic rings. The quantitative estimate of drug-likeness (QED) is 0.232. The van der Waals surface area contributed by atoms with Crippen molar-refractivity contribution < 1.29 is 19.7 Å². The van der Waals surface area contributed by atoms with Crippen molar-refractivity contribution in [3.05, 3.63) is 88.0 Å². The first-order chi connectivity index (χ1) is 17.8. The summed E-state index contributed by atoms with van der Waals surface area (Å²) in [6.07, 6.45) is 0.723. The van der Waals surface area contributed by atoms with Gasteiger partial charge in [-0.2, -0.15) is 0 Å². The highest BCUT2D eigenvalue weighted by Crippen LogP contribution is 2.37. The van der Waals surface area contributed by atoms with Crippen molar-refractivity contribution in [3.8, 4) is 17.2 Å². The van der Waals surface area contributed by atoms with Gasteiger partial charge in [0.2, 0.25) is 0 Å². The molecule has 0 spiro atoms. The maximum absolute atomic E-state index is 11.9. The molecule has 0 atom stereocenters. The summed E-state index contributed by atoms with van der Waals surface area (Å²) in [6.45, 7) is 15.5. The van der Waals surface area contributed by atoms with Crippen LogP contribution in [0.25, 0.3) is 16.7 Å². The van der Waals surface area contributed by atoms with Gasteiger partial charge >= 0.3 is 5.97 Å². The van der Waals surface area contributed by atoms with Gasteiger partial charge in [-0.05, 0) is 66.6 Å². The number of carbonyl (C=O) groups excluding carboxylic acids is 1. The molecule has 1 aromatic heterocycles. The number of ether oxygens (including phenoxy) is 1. The van der Waals surface area contributed by atoms with Crippen LogP contribution >= 0.6 is 0 Å². The van der Waals surface area contributed by atoms with E-state index in [0.29, 0.717) is 35.2 Å². The topological polar surface area (TPSA) is 97.5 Å². The fourth-order valence-electron chi connectivity index (χ4n) is 4.46. The van der Waals surface area contributed by atoms with Gasteiger partial charge in [-0.25, -0.2) is 4.79 Å². The van der Waals surface area contributed by atoms with Crippen molar-refractivity contribution in [3.63, 3.8) is 0 Å². The van der Waals surface area contributed by atoms with Crippen LogP contribution in [0.15, 0.2) is 54.6 Å². The van der Waals surface area contributed by atoms with Crippen LogP contribution in [0.1, 0.15) is 61.1 Å². The van der Waals surface area contributed by atoms with Gasteiger partial charge in [0.15, 0.2) is 0 Å². The van der Waals surface area contributed by atoms with Gasteiger partial charge in [-0.1, -0.05) is 57.2 Å². The lowest BCUT2D eigenvalue weighted by Gasteiger charge is -2.23. The third-order valence-corrected chi connectivity index (χ3v) is 6.47. The molecule has 0 radical (unpaired) electrons. The molecule has 1 heterocycles. The molecule has 0 amide bonds. The molecule has 0 bridgehead atoms. The lowest BCUT2D eigenvalue weighted by Crippen LogP contribution is -2.13. The van der Waals surface area contributed by atoms with Crippen molar-refractivity contribution in [2.75, 3.05) is 6.61 Å². The highest BCUT2D eigenvalue weighted by atomic mass is 16.5. The van der Waals surface area contributed by atoms with Gasteiger partial charge in [-0.3, -0.25) is 0 Å². The lowest BCUT2D eigenvalue weighted by molar-refractivity contribution is -0.138. The number of rotatable bonds is 7. The summed E-state index contributed by atoms with van der Waals surface area (Å²) in [6, 6.07) is 13.4. The first-order valence-corrected chi connectivity index (χ1v) is 12.7. The second-order valence-electron chi connectivity index (χ2n) is 11.0. The first-order valence-electron chi connectivity index (χ1n) is 12.7. The minimum absolute atomic E-state index is 0.0305. The van der Waals surface area contributed by atoms with Crippen molar-refractivity contribution >= 4 is 17.0 Å². The van der Waals surface area contributed by atoms with E-state index < -0.39 is 5.97 Å². The predicted octanol–water partition coefficient (Wildman–Crippen LogP) is 6.00. The van der Waals surface area contributed by atoms with Crippen LogP contribution in [0, 0.1) is 13.8 Å². The van der Waals surface area contributed by atoms with Gasteiger partial charge in [0.25, 0.3) is 0 Å². The van der Waals surface area contributed by atoms with Crippen LogP contribution in [0.4, 0.5) is 0 Å². The Kier molecular flexibility index (Phi) is 7.31. The van der Waals surface area contributed by atoms with Crippen LogP contribution in [0.3, 0.4) is 0 Å². The number of aryl methyl sites for hydroxylation is 2. The third kappa shape index (κ3) is 5.72. The summed E-state index contributed by atoms with van der Waals surface area (Å²) in [5.41, 5.74) is 7.05. The maximum Gasteiger partial charge on any atom is 0.333 e. The van der Waals surface area contributed by atoms with Gasteiger partial charge in [0.1, 0.15) is 28.2 Å². The Morgan fingerprint density at radius 3 is 2.32 bits per heavy atom. The highest BCUT2D eigenvalue weighted by molar-refractivity contribution is 5.86. The summed E-state index contributed by atoms with van der Waals surface area (Å²) in [5.74, 6) is -0.190. The SMILES string of the molecule is C=C(C)C(=O)OCCc1cc(Cc2cc(C)cc(C(C)(C)C)c2O)c(O)c(-n2nc3ccc(C)cc3n2)c1. The number of carbonyl (C=O) groups is 1. The average molecular weight is 514 g/mol. The summed E-state index contributed by atoms with van der Waals surface area (Å²) in [7, 11) is 0. The molecule has 0 saturated carbocycles. The average Bonchev–Trinajstić information content (AvgIpc) is 3.25. The third-order valence-electron chi connectivity index (χ3n) is 6.47. The van der Waals surface area contributed by atoms with E-state index in [1.54, 1.807) is 13.0 Å². The molecule has 4 rings (SSSR count). The number of fused-ring (bicyclic) bond motifs is 1. The second kappa shape index (κ2) is 10.3. The molecule has 0 saturated heterocycles. The molecule has 0 aliphatic carbocycles. The maximum atomic E-state index is 11.9. The zero-order valence-corrected chi connectivity index (χ0v) is 22.9. The molecule has 2 N–H and O–H groups in total. The van der Waals surface area contributed by atoms with E-state index in [4.69, 9.17) is 4.74 Å². The Morgan fingerprint density at radius 2 is 1.63 bits per heavy atom. The number of hydrogen-bond donors (Lipinski definition) is 2. The van der Waals surface area contributed by atoms with E-state index in [-0.39, 0.29) is 23.5 Å². The van der Waals surface area contributed by atoms with Crippen LogP contribution in [-0.4, -0.2) is 37.8 Å². The van der Waals surface area contributed by atoms with Gasteiger partial charge < -0.3 is 14.9 Å². The van der Waals surface area contributed by atoms with Gasteiger partial charge in [0.05, 0.1) is 6.61 Å². The van der Waals surface area contributed by atoms with E-state index in [1.807, 2.05) is 50.2 Å². The van der Waals surface area contributed by atoms with Crippen molar-refractivity contribution in [1.29, 1.82) is 0 Å². The van der Waals surface area contributed by atoms with Crippen LogP contribution < -0.4 is 0 Å². The number of hydrogen-bond acceptors (Lipinski definition) is 6.